The van der Waals surface area contributed by atoms with E-state index >= 15 is 0 Å². The molecule has 0 atom stereocenters. The standard InChI is InChI=1S/C20H43BN2/c1-4-5-6-7-8-9-10-11-12-13-14-15-16-17-18-19-23(2,3)21-20-22/h4-19,21H2,1-3H3. The molecule has 0 radical (unpaired) electrons. The van der Waals surface area contributed by atoms with Crippen molar-refractivity contribution < 1.29 is 4.39 Å². The van der Waals surface area contributed by atoms with Crippen LogP contribution in [-0.4, -0.2) is 32.4 Å². The van der Waals surface area contributed by atoms with Crippen molar-refractivity contribution >= 4 is 7.41 Å². The Morgan fingerprint density at radius 1 is 0.652 bits per heavy atom. The molecule has 0 saturated heterocycles. The van der Waals surface area contributed by atoms with E-state index in [1.165, 1.54) is 103 Å². The Bertz CT molecular complexity index is 284. The molecule has 2 nitrogen and oxygen atoms in total. The lowest BCUT2D eigenvalue weighted by Gasteiger charge is -2.36. The van der Waals surface area contributed by atoms with Crippen molar-refractivity contribution in [2.45, 2.75) is 103 Å². The number of hydrogen-bond acceptors (Lipinski definition) is 1. The molecule has 0 heterocycles. The van der Waals surface area contributed by atoms with E-state index in [-0.39, 0.29) is 0 Å². The van der Waals surface area contributed by atoms with Crippen LogP contribution in [0.2, 0.25) is 0 Å². The molecule has 0 aliphatic rings. The zero-order chi connectivity index (χ0) is 17.2. The topological polar surface area (TPSA) is 23.8 Å². The van der Waals surface area contributed by atoms with Crippen LogP contribution in [0.3, 0.4) is 0 Å². The van der Waals surface area contributed by atoms with E-state index in [4.69, 9.17) is 5.26 Å². The van der Waals surface area contributed by atoms with Crippen LogP contribution in [0.5, 0.6) is 0 Å². The molecular formula is C20H43BN2. The van der Waals surface area contributed by atoms with Gasteiger partial charge in [0.1, 0.15) is 0 Å². The second-order valence-corrected chi connectivity index (χ2v) is 8.41. The summed E-state index contributed by atoms with van der Waals surface area (Å²) in [6.45, 7) is 3.49. The minimum Gasteiger partial charge on any atom is -0.513 e. The van der Waals surface area contributed by atoms with Gasteiger partial charge >= 0.3 is 0 Å². The molecule has 23 heavy (non-hydrogen) atoms. The first kappa shape index (κ1) is 22.5. The largest absolute Gasteiger partial charge is 0.513 e. The number of nitriles is 1. The third-order valence-electron chi connectivity index (χ3n) is 5.14. The third-order valence-corrected chi connectivity index (χ3v) is 5.14. The summed E-state index contributed by atoms with van der Waals surface area (Å²) in [5, 5.41) is 8.82. The summed E-state index contributed by atoms with van der Waals surface area (Å²) in [4.78, 5) is 0. The van der Waals surface area contributed by atoms with Gasteiger partial charge in [-0.1, -0.05) is 96.4 Å². The first-order valence-electron chi connectivity index (χ1n) is 10.6. The fraction of sp³-hybridized carbons (Fsp3) is 0.950. The average molecular weight is 322 g/mol. The first-order chi connectivity index (χ1) is 11.1. The summed E-state index contributed by atoms with van der Waals surface area (Å²) in [7, 11) is 3.98. The maximum atomic E-state index is 8.82. The Balaban J connectivity index is 3.12. The van der Waals surface area contributed by atoms with Crippen molar-refractivity contribution in [3.63, 3.8) is 0 Å². The van der Waals surface area contributed by atoms with Crippen LogP contribution in [0.4, 0.5) is 0 Å². The number of nitrogens with zero attached hydrogens (tertiary/aromatic N) is 2. The predicted octanol–water partition coefficient (Wildman–Crippen LogP) is 5.50. The van der Waals surface area contributed by atoms with Gasteiger partial charge in [0.15, 0.2) is 0 Å². The number of quaternary nitrogens is 1. The fourth-order valence-corrected chi connectivity index (χ4v) is 3.34. The Kier molecular flexibility index (Phi) is 16.0. The molecule has 0 aromatic carbocycles. The molecule has 0 N–H and O–H groups in total. The van der Waals surface area contributed by atoms with Crippen LogP contribution < -0.4 is 0 Å². The van der Waals surface area contributed by atoms with Gasteiger partial charge in [-0.3, -0.25) is 0 Å². The highest BCUT2D eigenvalue weighted by Gasteiger charge is 2.06. The molecule has 3 heteroatoms. The third kappa shape index (κ3) is 17.7. The molecule has 0 aromatic heterocycles. The SMILES string of the molecule is CCCCCCCCCCCCCCCCC[N+](C)(C)[BH2-]C#N. The highest BCUT2D eigenvalue weighted by atomic mass is 15.2. The van der Waals surface area contributed by atoms with E-state index in [1.807, 2.05) is 0 Å². The second-order valence-electron chi connectivity index (χ2n) is 8.41. The van der Waals surface area contributed by atoms with Gasteiger partial charge in [0.25, 0.3) is 7.41 Å². The second kappa shape index (κ2) is 16.4. The molecule has 0 bridgehead atoms. The van der Waals surface area contributed by atoms with E-state index in [1.54, 1.807) is 0 Å². The van der Waals surface area contributed by atoms with Crippen LogP contribution in [0.15, 0.2) is 0 Å². The molecule has 0 saturated carbocycles. The molecule has 0 fully saturated rings. The molecule has 0 aliphatic heterocycles. The minimum atomic E-state index is -0.451. The summed E-state index contributed by atoms with van der Waals surface area (Å²) < 4.78 is 0.981. The van der Waals surface area contributed by atoms with Crippen LogP contribution in [-0.2, 0) is 0 Å². The molecule has 0 aliphatic carbocycles. The average Bonchev–Trinajstić information content (AvgIpc) is 2.51. The first-order valence-corrected chi connectivity index (χ1v) is 10.6. The van der Waals surface area contributed by atoms with Gasteiger partial charge < -0.3 is 4.39 Å². The van der Waals surface area contributed by atoms with Gasteiger partial charge in [-0.15, -0.1) is 0 Å². The van der Waals surface area contributed by atoms with Crippen LogP contribution >= 0.6 is 0 Å². The minimum absolute atomic E-state index is 0.451. The summed E-state index contributed by atoms with van der Waals surface area (Å²) in [5.74, 6) is 2.41. The Labute approximate surface area is 147 Å². The molecule has 136 valence electrons. The summed E-state index contributed by atoms with van der Waals surface area (Å²) in [6, 6.07) is 0. The summed E-state index contributed by atoms with van der Waals surface area (Å²) >= 11 is 0. The van der Waals surface area contributed by atoms with Gasteiger partial charge in [0, 0.05) is 20.6 Å². The van der Waals surface area contributed by atoms with E-state index in [0.29, 0.717) is 0 Å². The lowest BCUT2D eigenvalue weighted by molar-refractivity contribution is -0.777. The normalized spacial score (nSPS) is 11.6. The van der Waals surface area contributed by atoms with Gasteiger partial charge in [0.2, 0.25) is 0 Å². The van der Waals surface area contributed by atoms with Crippen molar-refractivity contribution in [2.24, 2.45) is 0 Å². The van der Waals surface area contributed by atoms with Crippen molar-refractivity contribution in [3.8, 4) is 5.97 Å². The predicted molar refractivity (Wildman–Crippen MR) is 106 cm³/mol. The van der Waals surface area contributed by atoms with Crippen molar-refractivity contribution in [1.29, 1.82) is 5.26 Å². The van der Waals surface area contributed by atoms with Gasteiger partial charge in [-0.05, 0) is 12.8 Å². The molecule has 0 unspecified atom stereocenters. The van der Waals surface area contributed by atoms with E-state index < -0.39 is 7.41 Å². The molecule has 0 spiro atoms. The van der Waals surface area contributed by atoms with Gasteiger partial charge in [-0.25, -0.2) is 5.26 Å². The van der Waals surface area contributed by atoms with E-state index in [0.717, 1.165) is 4.39 Å². The Hall–Kier alpha value is -0.485. The quantitative estimate of drug-likeness (QED) is 0.256. The maximum Gasteiger partial charge on any atom is 0.281 e. The number of rotatable bonds is 17. The monoisotopic (exact) mass is 322 g/mol. The van der Waals surface area contributed by atoms with Gasteiger partial charge in [-0.2, -0.15) is 0 Å². The molecule has 0 aromatic rings. The summed E-state index contributed by atoms with van der Waals surface area (Å²) in [5.41, 5.74) is 0. The molecule has 0 amide bonds. The van der Waals surface area contributed by atoms with E-state index in [2.05, 4.69) is 27.0 Å². The van der Waals surface area contributed by atoms with Crippen LogP contribution in [0.1, 0.15) is 103 Å². The highest BCUT2D eigenvalue weighted by Crippen LogP contribution is 2.13. The zero-order valence-corrected chi connectivity index (χ0v) is 16.7. The van der Waals surface area contributed by atoms with Crippen molar-refractivity contribution in [3.05, 3.63) is 0 Å². The fourth-order valence-electron chi connectivity index (χ4n) is 3.34. The van der Waals surface area contributed by atoms with Gasteiger partial charge in [0.05, 0.1) is 0 Å². The van der Waals surface area contributed by atoms with Crippen LogP contribution in [0, 0.1) is 11.2 Å². The Morgan fingerprint density at radius 2 is 1.00 bits per heavy atom. The number of hydrogen-bond donors (Lipinski definition) is 0. The summed E-state index contributed by atoms with van der Waals surface area (Å²) in [6.07, 6.45) is 21.3. The van der Waals surface area contributed by atoms with Crippen molar-refractivity contribution in [1.82, 2.24) is 0 Å². The molecule has 0 rings (SSSR count). The van der Waals surface area contributed by atoms with E-state index in [9.17, 15) is 0 Å². The maximum absolute atomic E-state index is 8.82. The lowest BCUT2D eigenvalue weighted by atomic mass is 9.91. The van der Waals surface area contributed by atoms with Crippen LogP contribution in [0.25, 0.3) is 0 Å². The smallest absolute Gasteiger partial charge is 0.281 e. The molecular weight excluding hydrogens is 279 g/mol. The zero-order valence-electron chi connectivity index (χ0n) is 16.7. The lowest BCUT2D eigenvalue weighted by Crippen LogP contribution is -2.43. The van der Waals surface area contributed by atoms with Crippen molar-refractivity contribution in [2.75, 3.05) is 20.6 Å². The highest BCUT2D eigenvalue weighted by molar-refractivity contribution is 6.36. The number of unbranched alkanes of at least 4 members (excludes halogenated alkanes) is 14. The Morgan fingerprint density at radius 3 is 1.35 bits per heavy atom.